The minimum atomic E-state index is 0.683. The lowest BCUT2D eigenvalue weighted by atomic mass is 9.83. The summed E-state index contributed by atoms with van der Waals surface area (Å²) in [6.07, 6.45) is 5.42. The van der Waals surface area contributed by atoms with Crippen LogP contribution < -0.4 is 10.6 Å². The van der Waals surface area contributed by atoms with E-state index in [4.69, 9.17) is 4.99 Å². The Balaban J connectivity index is 1.92. The number of aryl methyl sites for hydroxylation is 2. The largest absolute Gasteiger partial charge is 0.357 e. The second-order valence-corrected chi connectivity index (χ2v) is 6.97. The Bertz CT molecular complexity index is 524. The normalized spacial score (nSPS) is 22.2. The van der Waals surface area contributed by atoms with E-state index in [-0.39, 0.29) is 0 Å². The van der Waals surface area contributed by atoms with E-state index < -0.39 is 0 Å². The lowest BCUT2D eigenvalue weighted by Crippen LogP contribution is -2.40. The quantitative estimate of drug-likeness (QED) is 0.648. The van der Waals surface area contributed by atoms with E-state index in [0.717, 1.165) is 36.6 Å². The molecule has 1 aliphatic rings. The molecule has 0 aromatic carbocycles. The molecule has 0 atom stereocenters. The number of hydrogen-bond donors (Lipinski definition) is 2. The van der Waals surface area contributed by atoms with Crippen molar-refractivity contribution >= 4 is 5.96 Å². The second kappa shape index (κ2) is 8.37. The van der Waals surface area contributed by atoms with Gasteiger partial charge in [-0.3, -0.25) is 4.68 Å². The lowest BCUT2D eigenvalue weighted by Gasteiger charge is -2.26. The highest BCUT2D eigenvalue weighted by Gasteiger charge is 2.18. The summed E-state index contributed by atoms with van der Waals surface area (Å²) in [6.45, 7) is 11.2. The van der Waals surface area contributed by atoms with Crippen LogP contribution in [0.3, 0.4) is 0 Å². The van der Waals surface area contributed by atoms with Crippen molar-refractivity contribution in [3.8, 4) is 0 Å². The molecule has 1 saturated carbocycles. The minimum Gasteiger partial charge on any atom is -0.357 e. The Morgan fingerprint density at radius 3 is 2.48 bits per heavy atom. The summed E-state index contributed by atoms with van der Waals surface area (Å²) < 4.78 is 1.93. The van der Waals surface area contributed by atoms with E-state index in [0.29, 0.717) is 6.54 Å². The highest BCUT2D eigenvalue weighted by Crippen LogP contribution is 2.27. The molecule has 1 aromatic rings. The molecule has 0 bridgehead atoms. The summed E-state index contributed by atoms with van der Waals surface area (Å²) in [6, 6.07) is 0. The van der Waals surface area contributed by atoms with Crippen LogP contribution in [0.5, 0.6) is 0 Å². The van der Waals surface area contributed by atoms with Gasteiger partial charge < -0.3 is 10.6 Å². The SMILES string of the molecule is CCNC(=NCc1c(C)nn(C)c1C)NCC1CCC(C)CC1. The summed E-state index contributed by atoms with van der Waals surface area (Å²) in [5, 5.41) is 11.4. The number of nitrogens with one attached hydrogen (secondary N) is 2. The Kier molecular flexibility index (Phi) is 6.48. The van der Waals surface area contributed by atoms with Crippen LogP contribution in [0.4, 0.5) is 0 Å². The van der Waals surface area contributed by atoms with Gasteiger partial charge in [-0.25, -0.2) is 4.99 Å². The van der Waals surface area contributed by atoms with Crippen molar-refractivity contribution in [2.75, 3.05) is 13.1 Å². The van der Waals surface area contributed by atoms with Gasteiger partial charge >= 0.3 is 0 Å². The molecule has 130 valence electrons. The number of nitrogens with zero attached hydrogens (tertiary/aromatic N) is 3. The van der Waals surface area contributed by atoms with Crippen molar-refractivity contribution < 1.29 is 0 Å². The molecule has 0 aliphatic heterocycles. The topological polar surface area (TPSA) is 54.2 Å². The van der Waals surface area contributed by atoms with Gasteiger partial charge in [-0.2, -0.15) is 5.10 Å². The molecular weight excluding hydrogens is 286 g/mol. The van der Waals surface area contributed by atoms with Gasteiger partial charge in [0, 0.05) is 31.4 Å². The van der Waals surface area contributed by atoms with Crippen LogP contribution in [0.2, 0.25) is 0 Å². The van der Waals surface area contributed by atoms with Gasteiger partial charge in [-0.15, -0.1) is 0 Å². The van der Waals surface area contributed by atoms with Crippen molar-refractivity contribution in [3.63, 3.8) is 0 Å². The molecule has 1 heterocycles. The highest BCUT2D eigenvalue weighted by atomic mass is 15.3. The van der Waals surface area contributed by atoms with Crippen molar-refractivity contribution in [1.29, 1.82) is 0 Å². The average Bonchev–Trinajstić information content (AvgIpc) is 2.77. The van der Waals surface area contributed by atoms with E-state index in [1.807, 2.05) is 11.7 Å². The zero-order chi connectivity index (χ0) is 16.8. The number of aliphatic imine (C=N–C) groups is 1. The number of rotatable bonds is 5. The Hall–Kier alpha value is -1.52. The Labute approximate surface area is 141 Å². The fourth-order valence-corrected chi connectivity index (χ4v) is 3.32. The summed E-state index contributed by atoms with van der Waals surface area (Å²) in [5.74, 6) is 2.62. The smallest absolute Gasteiger partial charge is 0.191 e. The molecule has 2 rings (SSSR count). The fourth-order valence-electron chi connectivity index (χ4n) is 3.32. The van der Waals surface area contributed by atoms with Crippen LogP contribution in [0.25, 0.3) is 0 Å². The zero-order valence-corrected chi connectivity index (χ0v) is 15.4. The zero-order valence-electron chi connectivity index (χ0n) is 15.4. The van der Waals surface area contributed by atoms with Crippen LogP contribution in [-0.2, 0) is 13.6 Å². The summed E-state index contributed by atoms with van der Waals surface area (Å²) in [4.78, 5) is 4.76. The third-order valence-electron chi connectivity index (χ3n) is 5.09. The monoisotopic (exact) mass is 319 g/mol. The number of hydrogen-bond acceptors (Lipinski definition) is 2. The van der Waals surface area contributed by atoms with Crippen LogP contribution >= 0.6 is 0 Å². The molecule has 0 spiro atoms. The molecule has 1 fully saturated rings. The van der Waals surface area contributed by atoms with Gasteiger partial charge in [-0.05, 0) is 45.4 Å². The predicted molar refractivity (Wildman–Crippen MR) is 96.6 cm³/mol. The molecular formula is C18H33N5. The molecule has 0 unspecified atom stereocenters. The molecule has 0 saturated heterocycles. The van der Waals surface area contributed by atoms with Crippen molar-refractivity contribution in [1.82, 2.24) is 20.4 Å². The second-order valence-electron chi connectivity index (χ2n) is 6.97. The maximum absolute atomic E-state index is 4.76. The van der Waals surface area contributed by atoms with E-state index >= 15 is 0 Å². The summed E-state index contributed by atoms with van der Waals surface area (Å²) in [7, 11) is 1.99. The van der Waals surface area contributed by atoms with Crippen LogP contribution in [-0.4, -0.2) is 28.8 Å². The molecule has 23 heavy (non-hydrogen) atoms. The van der Waals surface area contributed by atoms with E-state index in [2.05, 4.69) is 43.4 Å². The van der Waals surface area contributed by atoms with Gasteiger partial charge in [-0.1, -0.05) is 19.8 Å². The molecule has 1 aromatic heterocycles. The first-order chi connectivity index (χ1) is 11.0. The standard InChI is InChI=1S/C18H33N5/c1-6-19-18(20-11-16-9-7-13(2)8-10-16)21-12-17-14(3)22-23(5)15(17)4/h13,16H,6-12H2,1-5H3,(H2,19,20,21). The van der Waals surface area contributed by atoms with Crippen molar-refractivity contribution in [2.24, 2.45) is 23.9 Å². The third-order valence-corrected chi connectivity index (χ3v) is 5.09. The average molecular weight is 319 g/mol. The molecule has 5 heteroatoms. The minimum absolute atomic E-state index is 0.683. The Morgan fingerprint density at radius 1 is 1.22 bits per heavy atom. The van der Waals surface area contributed by atoms with Gasteiger partial charge in [0.05, 0.1) is 12.2 Å². The van der Waals surface area contributed by atoms with Gasteiger partial charge in [0.25, 0.3) is 0 Å². The third kappa shape index (κ3) is 4.98. The van der Waals surface area contributed by atoms with Gasteiger partial charge in [0.15, 0.2) is 5.96 Å². The van der Waals surface area contributed by atoms with E-state index in [9.17, 15) is 0 Å². The predicted octanol–water partition coefficient (Wildman–Crippen LogP) is 2.92. The number of guanidine groups is 1. The van der Waals surface area contributed by atoms with Gasteiger partial charge in [0.2, 0.25) is 0 Å². The van der Waals surface area contributed by atoms with E-state index in [1.165, 1.54) is 36.9 Å². The first-order valence-corrected chi connectivity index (χ1v) is 9.02. The van der Waals surface area contributed by atoms with Crippen molar-refractivity contribution in [2.45, 2.75) is 59.9 Å². The first-order valence-electron chi connectivity index (χ1n) is 9.02. The van der Waals surface area contributed by atoms with Crippen LogP contribution in [0.15, 0.2) is 4.99 Å². The maximum atomic E-state index is 4.76. The molecule has 0 amide bonds. The molecule has 5 nitrogen and oxygen atoms in total. The lowest BCUT2D eigenvalue weighted by molar-refractivity contribution is 0.289. The van der Waals surface area contributed by atoms with Crippen molar-refractivity contribution in [3.05, 3.63) is 17.0 Å². The van der Waals surface area contributed by atoms with E-state index in [1.54, 1.807) is 0 Å². The first kappa shape index (κ1) is 17.8. The summed E-state index contributed by atoms with van der Waals surface area (Å²) in [5.41, 5.74) is 3.51. The highest BCUT2D eigenvalue weighted by molar-refractivity contribution is 5.79. The number of aromatic nitrogens is 2. The van der Waals surface area contributed by atoms with Crippen LogP contribution in [0, 0.1) is 25.7 Å². The molecule has 2 N–H and O–H groups in total. The van der Waals surface area contributed by atoms with Crippen LogP contribution in [0.1, 0.15) is 56.5 Å². The summed E-state index contributed by atoms with van der Waals surface area (Å²) >= 11 is 0. The Morgan fingerprint density at radius 2 is 1.91 bits per heavy atom. The maximum Gasteiger partial charge on any atom is 0.191 e. The van der Waals surface area contributed by atoms with Gasteiger partial charge in [0.1, 0.15) is 0 Å². The molecule has 1 aliphatic carbocycles. The fraction of sp³-hybridized carbons (Fsp3) is 0.778. The molecule has 0 radical (unpaired) electrons.